The first kappa shape index (κ1) is 14.7. The minimum absolute atomic E-state index is 0.0965. The number of halogens is 1. The molecule has 4 rings (SSSR count). The molecule has 0 aliphatic heterocycles. The van der Waals surface area contributed by atoms with Crippen LogP contribution in [0, 0.1) is 5.92 Å². The molecule has 0 saturated heterocycles. The Morgan fingerprint density at radius 2 is 2.17 bits per heavy atom. The van der Waals surface area contributed by atoms with Gasteiger partial charge in [-0.05, 0) is 54.5 Å². The van der Waals surface area contributed by atoms with Gasteiger partial charge in [-0.2, -0.15) is 0 Å². The van der Waals surface area contributed by atoms with E-state index in [2.05, 4.69) is 22.4 Å². The van der Waals surface area contributed by atoms with Crippen LogP contribution in [0.4, 0.5) is 0 Å². The highest BCUT2D eigenvalue weighted by atomic mass is 35.5. The van der Waals surface area contributed by atoms with Crippen LogP contribution in [0.1, 0.15) is 36.3 Å². The molecule has 1 aromatic carbocycles. The normalized spacial score (nSPS) is 24.0. The standard InChI is InChI=1S/C19H19ClN2O/c20-15-5-1-4-14(9-15)19(6-7-19)12-22-18(23)17-10-16(17)13-3-2-8-21-11-13/h1-5,8-9,11,16-17H,6-7,10,12H2,(H,22,23)/t16-,17-/m0/s1. The zero-order valence-electron chi connectivity index (χ0n) is 12.8. The Labute approximate surface area is 141 Å². The summed E-state index contributed by atoms with van der Waals surface area (Å²) in [6.45, 7) is 0.711. The van der Waals surface area contributed by atoms with Gasteiger partial charge in [0, 0.05) is 35.3 Å². The maximum Gasteiger partial charge on any atom is 0.223 e. The summed E-state index contributed by atoms with van der Waals surface area (Å²) in [5.74, 6) is 0.617. The van der Waals surface area contributed by atoms with Crippen LogP contribution >= 0.6 is 11.6 Å². The van der Waals surface area contributed by atoms with Crippen molar-refractivity contribution in [3.63, 3.8) is 0 Å². The van der Waals surface area contributed by atoms with Gasteiger partial charge in [-0.15, -0.1) is 0 Å². The van der Waals surface area contributed by atoms with Crippen molar-refractivity contribution in [2.75, 3.05) is 6.54 Å². The Balaban J connectivity index is 1.36. The number of nitrogens with zero attached hydrogens (tertiary/aromatic N) is 1. The van der Waals surface area contributed by atoms with E-state index in [0.717, 1.165) is 24.3 Å². The number of amides is 1. The topological polar surface area (TPSA) is 42.0 Å². The fourth-order valence-corrected chi connectivity index (χ4v) is 3.56. The van der Waals surface area contributed by atoms with E-state index in [4.69, 9.17) is 11.6 Å². The maximum atomic E-state index is 12.4. The minimum atomic E-state index is 0.0965. The summed E-state index contributed by atoms with van der Waals surface area (Å²) < 4.78 is 0. The third-order valence-electron chi connectivity index (χ3n) is 5.13. The van der Waals surface area contributed by atoms with Crippen molar-refractivity contribution in [3.8, 4) is 0 Å². The molecule has 0 unspecified atom stereocenters. The van der Waals surface area contributed by atoms with Crippen LogP contribution in [0.25, 0.3) is 0 Å². The van der Waals surface area contributed by atoms with Gasteiger partial charge in [0.1, 0.15) is 0 Å². The van der Waals surface area contributed by atoms with Crippen LogP contribution in [0.15, 0.2) is 48.8 Å². The molecule has 0 bridgehead atoms. The lowest BCUT2D eigenvalue weighted by Gasteiger charge is -2.17. The zero-order chi connectivity index (χ0) is 15.9. The molecular weight excluding hydrogens is 308 g/mol. The summed E-state index contributed by atoms with van der Waals surface area (Å²) in [6, 6.07) is 12.0. The Kier molecular flexibility index (Phi) is 3.61. The largest absolute Gasteiger partial charge is 0.355 e. The first-order valence-electron chi connectivity index (χ1n) is 8.12. The number of aromatic nitrogens is 1. The number of benzene rings is 1. The van der Waals surface area contributed by atoms with Crippen molar-refractivity contribution in [1.29, 1.82) is 0 Å². The van der Waals surface area contributed by atoms with Gasteiger partial charge in [0.2, 0.25) is 5.91 Å². The zero-order valence-corrected chi connectivity index (χ0v) is 13.6. The second kappa shape index (κ2) is 5.64. The van der Waals surface area contributed by atoms with Gasteiger partial charge in [0.15, 0.2) is 0 Å². The van der Waals surface area contributed by atoms with Crippen LogP contribution in [0.5, 0.6) is 0 Å². The lowest BCUT2D eigenvalue weighted by Crippen LogP contribution is -2.33. The lowest BCUT2D eigenvalue weighted by atomic mass is 9.96. The van der Waals surface area contributed by atoms with Crippen LogP contribution in [-0.2, 0) is 10.2 Å². The van der Waals surface area contributed by atoms with Crippen molar-refractivity contribution < 1.29 is 4.79 Å². The number of nitrogens with one attached hydrogen (secondary N) is 1. The highest BCUT2D eigenvalue weighted by molar-refractivity contribution is 6.30. The Bertz CT molecular complexity index is 727. The fraction of sp³-hybridized carbons (Fsp3) is 0.368. The second-order valence-electron chi connectivity index (χ2n) is 6.74. The first-order valence-corrected chi connectivity index (χ1v) is 8.49. The van der Waals surface area contributed by atoms with E-state index in [-0.39, 0.29) is 17.2 Å². The summed E-state index contributed by atoms with van der Waals surface area (Å²) in [5, 5.41) is 3.93. The molecule has 2 atom stereocenters. The number of rotatable bonds is 5. The number of pyridine rings is 1. The van der Waals surface area contributed by atoms with E-state index in [1.807, 2.05) is 30.5 Å². The summed E-state index contributed by atoms with van der Waals surface area (Å²) in [7, 11) is 0. The van der Waals surface area contributed by atoms with E-state index < -0.39 is 0 Å². The minimum Gasteiger partial charge on any atom is -0.355 e. The van der Waals surface area contributed by atoms with Gasteiger partial charge in [0.25, 0.3) is 0 Å². The predicted octanol–water partition coefficient (Wildman–Crippen LogP) is 3.69. The molecule has 2 fully saturated rings. The number of hydrogen-bond donors (Lipinski definition) is 1. The van der Waals surface area contributed by atoms with Gasteiger partial charge >= 0.3 is 0 Å². The van der Waals surface area contributed by atoms with Gasteiger partial charge < -0.3 is 5.32 Å². The van der Waals surface area contributed by atoms with E-state index in [9.17, 15) is 4.79 Å². The number of carbonyl (C=O) groups excluding carboxylic acids is 1. The summed E-state index contributed by atoms with van der Waals surface area (Å²) in [4.78, 5) is 16.5. The van der Waals surface area contributed by atoms with Gasteiger partial charge in [-0.3, -0.25) is 9.78 Å². The molecule has 23 heavy (non-hydrogen) atoms. The molecule has 118 valence electrons. The quantitative estimate of drug-likeness (QED) is 0.910. The highest BCUT2D eigenvalue weighted by Crippen LogP contribution is 2.50. The molecule has 1 heterocycles. The fourth-order valence-electron chi connectivity index (χ4n) is 3.37. The van der Waals surface area contributed by atoms with E-state index in [0.29, 0.717) is 12.5 Å². The average molecular weight is 327 g/mol. The summed E-state index contributed by atoms with van der Waals surface area (Å²) in [6.07, 6.45) is 6.80. The Morgan fingerprint density at radius 1 is 1.30 bits per heavy atom. The smallest absolute Gasteiger partial charge is 0.223 e. The van der Waals surface area contributed by atoms with Gasteiger partial charge in [-0.25, -0.2) is 0 Å². The van der Waals surface area contributed by atoms with Crippen LogP contribution in [0.2, 0.25) is 5.02 Å². The van der Waals surface area contributed by atoms with E-state index in [1.54, 1.807) is 6.20 Å². The summed E-state index contributed by atoms with van der Waals surface area (Å²) in [5.41, 5.74) is 2.51. The van der Waals surface area contributed by atoms with Crippen molar-refractivity contribution in [2.24, 2.45) is 5.92 Å². The average Bonchev–Trinajstić information content (AvgIpc) is 3.48. The Morgan fingerprint density at radius 3 is 2.87 bits per heavy atom. The summed E-state index contributed by atoms with van der Waals surface area (Å²) >= 11 is 6.10. The van der Waals surface area contributed by atoms with Gasteiger partial charge in [0.05, 0.1) is 0 Å². The lowest BCUT2D eigenvalue weighted by molar-refractivity contribution is -0.122. The molecule has 2 aliphatic carbocycles. The molecule has 0 radical (unpaired) electrons. The van der Waals surface area contributed by atoms with Crippen molar-refractivity contribution in [2.45, 2.75) is 30.6 Å². The molecule has 4 heteroatoms. The van der Waals surface area contributed by atoms with Crippen LogP contribution in [-0.4, -0.2) is 17.4 Å². The first-order chi connectivity index (χ1) is 11.2. The predicted molar refractivity (Wildman–Crippen MR) is 90.5 cm³/mol. The molecule has 1 N–H and O–H groups in total. The maximum absolute atomic E-state index is 12.4. The monoisotopic (exact) mass is 326 g/mol. The molecule has 3 nitrogen and oxygen atoms in total. The van der Waals surface area contributed by atoms with Crippen molar-refractivity contribution in [1.82, 2.24) is 10.3 Å². The van der Waals surface area contributed by atoms with Crippen LogP contribution in [0.3, 0.4) is 0 Å². The SMILES string of the molecule is O=C(NCC1(c2cccc(Cl)c2)CC1)[C@H]1C[C@H]1c1cccnc1. The van der Waals surface area contributed by atoms with Crippen molar-refractivity contribution in [3.05, 3.63) is 64.9 Å². The number of hydrogen-bond acceptors (Lipinski definition) is 2. The molecule has 2 aliphatic rings. The molecule has 1 aromatic heterocycles. The second-order valence-corrected chi connectivity index (χ2v) is 7.18. The molecule has 2 saturated carbocycles. The molecular formula is C19H19ClN2O. The van der Waals surface area contributed by atoms with E-state index in [1.165, 1.54) is 11.1 Å². The molecule has 2 aromatic rings. The van der Waals surface area contributed by atoms with Gasteiger partial charge in [-0.1, -0.05) is 29.8 Å². The van der Waals surface area contributed by atoms with E-state index >= 15 is 0 Å². The van der Waals surface area contributed by atoms with Crippen molar-refractivity contribution >= 4 is 17.5 Å². The third-order valence-corrected chi connectivity index (χ3v) is 5.37. The highest BCUT2D eigenvalue weighted by Gasteiger charge is 2.47. The number of carbonyl (C=O) groups is 1. The third kappa shape index (κ3) is 2.98. The molecule has 1 amide bonds. The Hall–Kier alpha value is -1.87. The molecule has 0 spiro atoms. The van der Waals surface area contributed by atoms with Crippen LogP contribution < -0.4 is 5.32 Å².